The first-order valence-electron chi connectivity index (χ1n) is 4.07. The Morgan fingerprint density at radius 3 is 1.36 bits per heavy atom. The van der Waals surface area contributed by atoms with Crippen molar-refractivity contribution in [2.24, 2.45) is 10.3 Å². The highest BCUT2D eigenvalue weighted by Gasteiger charge is 2.66. The number of oxime groups is 2. The molecule has 80 valence electrons. The smallest absolute Gasteiger partial charge is 0.147 e. The summed E-state index contributed by atoms with van der Waals surface area (Å²) in [6.45, 7) is 3.39. The van der Waals surface area contributed by atoms with Gasteiger partial charge in [0.15, 0.2) is 0 Å². The van der Waals surface area contributed by atoms with Crippen LogP contribution in [-0.4, -0.2) is 47.3 Å². The molecule has 0 spiro atoms. The van der Waals surface area contributed by atoms with Crippen LogP contribution < -0.4 is 0 Å². The fourth-order valence-corrected chi connectivity index (χ4v) is 1.71. The molecule has 6 nitrogen and oxygen atoms in total. The van der Waals surface area contributed by atoms with Gasteiger partial charge in [-0.2, -0.15) is 0 Å². The average molecular weight is 202 g/mol. The Morgan fingerprint density at radius 1 is 0.929 bits per heavy atom. The molecule has 2 atom stereocenters. The zero-order valence-corrected chi connectivity index (χ0v) is 8.61. The molecule has 1 rings (SSSR count). The predicted molar refractivity (Wildman–Crippen MR) is 49.3 cm³/mol. The second kappa shape index (κ2) is 3.21. The van der Waals surface area contributed by atoms with Crippen molar-refractivity contribution in [3.63, 3.8) is 0 Å². The standard InChI is InChI=1S/C8H14N2O4/c1-7(13-3)5(9-11)6(10-12)8(7,2)14-4/h11-12H,1-4H3/b9-5+,10-6+/t7-,8-/m0/s1. The second-order valence-electron chi connectivity index (χ2n) is 3.37. The SMILES string of the molecule is CO[C@@]1(C)C(=N/O)/C(=N\O)[C@]1(C)OC. The van der Waals surface area contributed by atoms with Gasteiger partial charge >= 0.3 is 0 Å². The van der Waals surface area contributed by atoms with Gasteiger partial charge < -0.3 is 19.9 Å². The van der Waals surface area contributed by atoms with Crippen molar-refractivity contribution < 1.29 is 19.9 Å². The van der Waals surface area contributed by atoms with Crippen molar-refractivity contribution in [1.82, 2.24) is 0 Å². The van der Waals surface area contributed by atoms with Gasteiger partial charge in [0.1, 0.15) is 22.6 Å². The van der Waals surface area contributed by atoms with Crippen molar-refractivity contribution in [1.29, 1.82) is 0 Å². The van der Waals surface area contributed by atoms with E-state index in [2.05, 4.69) is 10.3 Å². The van der Waals surface area contributed by atoms with Gasteiger partial charge in [-0.25, -0.2) is 0 Å². The van der Waals surface area contributed by atoms with E-state index in [-0.39, 0.29) is 11.4 Å². The number of hydrogen-bond donors (Lipinski definition) is 2. The third-order valence-electron chi connectivity index (χ3n) is 3.05. The maximum atomic E-state index is 8.74. The molecule has 0 heterocycles. The van der Waals surface area contributed by atoms with E-state index in [1.807, 2.05) is 0 Å². The summed E-state index contributed by atoms with van der Waals surface area (Å²) < 4.78 is 10.4. The van der Waals surface area contributed by atoms with E-state index in [4.69, 9.17) is 19.9 Å². The average Bonchev–Trinajstić information content (AvgIpc) is 2.22. The van der Waals surface area contributed by atoms with Crippen LogP contribution in [0.4, 0.5) is 0 Å². The Balaban J connectivity index is 3.21. The maximum Gasteiger partial charge on any atom is 0.147 e. The highest BCUT2D eigenvalue weighted by atomic mass is 16.6. The first-order valence-corrected chi connectivity index (χ1v) is 4.07. The maximum absolute atomic E-state index is 8.74. The Bertz CT molecular complexity index is 272. The summed E-state index contributed by atoms with van der Waals surface area (Å²) in [4.78, 5) is 0. The lowest BCUT2D eigenvalue weighted by atomic mass is 9.63. The van der Waals surface area contributed by atoms with Gasteiger partial charge in [-0.15, -0.1) is 0 Å². The van der Waals surface area contributed by atoms with Crippen LogP contribution in [0.15, 0.2) is 10.3 Å². The largest absolute Gasteiger partial charge is 0.410 e. The van der Waals surface area contributed by atoms with Crippen molar-refractivity contribution >= 4 is 11.4 Å². The van der Waals surface area contributed by atoms with E-state index < -0.39 is 11.2 Å². The molecular formula is C8H14N2O4. The molecule has 1 aliphatic carbocycles. The van der Waals surface area contributed by atoms with Crippen LogP contribution in [0, 0.1) is 0 Å². The van der Waals surface area contributed by atoms with E-state index in [1.165, 1.54) is 14.2 Å². The monoisotopic (exact) mass is 202 g/mol. The highest BCUT2D eigenvalue weighted by molar-refractivity contribution is 6.56. The fraction of sp³-hybridized carbons (Fsp3) is 0.750. The van der Waals surface area contributed by atoms with Crippen LogP contribution in [-0.2, 0) is 9.47 Å². The van der Waals surface area contributed by atoms with Crippen LogP contribution in [0.2, 0.25) is 0 Å². The van der Waals surface area contributed by atoms with Crippen LogP contribution in [0.1, 0.15) is 13.8 Å². The zero-order chi connectivity index (χ0) is 11.0. The summed E-state index contributed by atoms with van der Waals surface area (Å²) in [5.74, 6) is 0. The second-order valence-corrected chi connectivity index (χ2v) is 3.37. The number of nitrogens with zero attached hydrogens (tertiary/aromatic N) is 2. The van der Waals surface area contributed by atoms with E-state index in [0.29, 0.717) is 0 Å². The molecule has 0 radical (unpaired) electrons. The molecular weight excluding hydrogens is 188 g/mol. The quantitative estimate of drug-likeness (QED) is 0.503. The van der Waals surface area contributed by atoms with Gasteiger partial charge in [0, 0.05) is 14.2 Å². The van der Waals surface area contributed by atoms with Crippen LogP contribution in [0.5, 0.6) is 0 Å². The first-order chi connectivity index (χ1) is 6.51. The van der Waals surface area contributed by atoms with Gasteiger partial charge in [0.2, 0.25) is 0 Å². The molecule has 14 heavy (non-hydrogen) atoms. The summed E-state index contributed by atoms with van der Waals surface area (Å²) in [5.41, 5.74) is -1.46. The molecule has 2 N–H and O–H groups in total. The van der Waals surface area contributed by atoms with E-state index in [0.717, 1.165) is 0 Å². The fourth-order valence-electron chi connectivity index (χ4n) is 1.71. The van der Waals surface area contributed by atoms with Crippen molar-refractivity contribution in [3.05, 3.63) is 0 Å². The van der Waals surface area contributed by atoms with Gasteiger partial charge in [0.25, 0.3) is 0 Å². The Morgan fingerprint density at radius 2 is 1.21 bits per heavy atom. The normalized spacial score (nSPS) is 42.9. The molecule has 0 aromatic carbocycles. The van der Waals surface area contributed by atoms with Crippen molar-refractivity contribution in [3.8, 4) is 0 Å². The predicted octanol–water partition coefficient (Wildman–Crippen LogP) is 0.471. The molecule has 1 saturated carbocycles. The lowest BCUT2D eigenvalue weighted by molar-refractivity contribution is -0.105. The van der Waals surface area contributed by atoms with Crippen molar-refractivity contribution in [2.45, 2.75) is 25.0 Å². The topological polar surface area (TPSA) is 83.6 Å². The van der Waals surface area contributed by atoms with Gasteiger partial charge in [-0.3, -0.25) is 0 Å². The summed E-state index contributed by atoms with van der Waals surface area (Å²) in [6, 6.07) is 0. The minimum Gasteiger partial charge on any atom is -0.410 e. The third kappa shape index (κ3) is 0.921. The van der Waals surface area contributed by atoms with E-state index in [9.17, 15) is 0 Å². The summed E-state index contributed by atoms with van der Waals surface area (Å²) >= 11 is 0. The number of methoxy groups -OCH3 is 2. The van der Waals surface area contributed by atoms with Gasteiger partial charge in [0.05, 0.1) is 0 Å². The lowest BCUT2D eigenvalue weighted by Gasteiger charge is -2.52. The highest BCUT2D eigenvalue weighted by Crippen LogP contribution is 2.42. The molecule has 6 heteroatoms. The Kier molecular flexibility index (Phi) is 2.51. The lowest BCUT2D eigenvalue weighted by Crippen LogP contribution is -2.76. The number of ether oxygens (including phenoxy) is 2. The van der Waals surface area contributed by atoms with E-state index >= 15 is 0 Å². The number of hydrogen-bond acceptors (Lipinski definition) is 6. The van der Waals surface area contributed by atoms with E-state index in [1.54, 1.807) is 13.8 Å². The molecule has 0 unspecified atom stereocenters. The molecule has 0 aromatic heterocycles. The summed E-state index contributed by atoms with van der Waals surface area (Å²) in [5, 5.41) is 23.6. The Labute approximate surface area is 81.8 Å². The Hall–Kier alpha value is -1.14. The molecule has 1 fully saturated rings. The first kappa shape index (κ1) is 10.9. The molecule has 0 amide bonds. The van der Waals surface area contributed by atoms with Gasteiger partial charge in [-0.1, -0.05) is 10.3 Å². The van der Waals surface area contributed by atoms with Crippen LogP contribution >= 0.6 is 0 Å². The number of rotatable bonds is 2. The zero-order valence-electron chi connectivity index (χ0n) is 8.61. The minimum absolute atomic E-state index is 0.173. The molecule has 1 aliphatic rings. The molecule has 0 aromatic rings. The van der Waals surface area contributed by atoms with Crippen LogP contribution in [0.3, 0.4) is 0 Å². The van der Waals surface area contributed by atoms with Crippen LogP contribution in [0.25, 0.3) is 0 Å². The third-order valence-corrected chi connectivity index (χ3v) is 3.05. The molecule has 0 aliphatic heterocycles. The van der Waals surface area contributed by atoms with Crippen molar-refractivity contribution in [2.75, 3.05) is 14.2 Å². The molecule has 0 saturated heterocycles. The summed E-state index contributed by atoms with van der Waals surface area (Å²) in [7, 11) is 2.94. The van der Waals surface area contributed by atoms with Gasteiger partial charge in [-0.05, 0) is 13.8 Å². The summed E-state index contributed by atoms with van der Waals surface area (Å²) in [6.07, 6.45) is 0. The minimum atomic E-state index is -0.905. The molecule has 0 bridgehead atoms.